The number of hydrogen-bond acceptors (Lipinski definition) is 3. The highest BCUT2D eigenvalue weighted by atomic mass is 79.9. The Morgan fingerprint density at radius 1 is 1.67 bits per heavy atom. The van der Waals surface area contributed by atoms with Gasteiger partial charge in [0, 0.05) is 4.47 Å². The van der Waals surface area contributed by atoms with E-state index >= 15 is 0 Å². The molecule has 0 aliphatic rings. The second kappa shape index (κ2) is 4.80. The zero-order chi connectivity index (χ0) is 11.4. The van der Waals surface area contributed by atoms with Gasteiger partial charge in [0.2, 0.25) is 0 Å². The van der Waals surface area contributed by atoms with Gasteiger partial charge in [-0.2, -0.15) is 5.26 Å². The molecular formula is C10H8BrNO3. The predicted molar refractivity (Wildman–Crippen MR) is 56.7 cm³/mol. The monoisotopic (exact) mass is 269 g/mol. The minimum atomic E-state index is -0.980. The number of aliphatic carboxylic acids is 1. The smallest absolute Gasteiger partial charge is 0.307 e. The number of nitriles is 1. The van der Waals surface area contributed by atoms with Crippen molar-refractivity contribution < 1.29 is 14.6 Å². The van der Waals surface area contributed by atoms with Crippen molar-refractivity contribution in [1.82, 2.24) is 0 Å². The van der Waals surface area contributed by atoms with Gasteiger partial charge in [0.15, 0.2) is 0 Å². The minimum absolute atomic E-state index is 0.196. The third-order valence-electron chi connectivity index (χ3n) is 1.82. The third-order valence-corrected chi connectivity index (χ3v) is 2.28. The van der Waals surface area contributed by atoms with Crippen LogP contribution in [0.15, 0.2) is 16.6 Å². The maximum atomic E-state index is 10.6. The molecule has 0 radical (unpaired) electrons. The highest BCUT2D eigenvalue weighted by Crippen LogP contribution is 2.27. The molecule has 0 saturated carbocycles. The molecule has 4 nitrogen and oxygen atoms in total. The van der Waals surface area contributed by atoms with Crippen LogP contribution in [0.2, 0.25) is 0 Å². The third kappa shape index (κ3) is 2.70. The second-order valence-corrected chi connectivity index (χ2v) is 3.74. The summed E-state index contributed by atoms with van der Waals surface area (Å²) in [5, 5.41) is 17.6. The van der Waals surface area contributed by atoms with Crippen LogP contribution in [0.25, 0.3) is 0 Å². The number of nitrogens with zero attached hydrogens (tertiary/aromatic N) is 1. The molecule has 0 saturated heterocycles. The van der Waals surface area contributed by atoms with E-state index in [1.54, 1.807) is 12.1 Å². The molecule has 0 aliphatic carbocycles. The van der Waals surface area contributed by atoms with Gasteiger partial charge >= 0.3 is 5.97 Å². The SMILES string of the molecule is COc1cc(Br)cc(CC(=O)O)c1C#N. The zero-order valence-electron chi connectivity index (χ0n) is 7.95. The highest BCUT2D eigenvalue weighted by Gasteiger charge is 2.13. The maximum absolute atomic E-state index is 10.6. The minimum Gasteiger partial charge on any atom is -0.495 e. The Morgan fingerprint density at radius 3 is 2.80 bits per heavy atom. The van der Waals surface area contributed by atoms with E-state index in [1.165, 1.54) is 7.11 Å². The first-order valence-electron chi connectivity index (χ1n) is 4.06. The number of benzene rings is 1. The Balaban J connectivity index is 3.30. The van der Waals surface area contributed by atoms with E-state index < -0.39 is 5.97 Å². The lowest BCUT2D eigenvalue weighted by atomic mass is 10.0. The average Bonchev–Trinajstić information content (AvgIpc) is 2.15. The van der Waals surface area contributed by atoms with Gasteiger partial charge < -0.3 is 9.84 Å². The number of ether oxygens (including phenoxy) is 1. The molecule has 0 aliphatic heterocycles. The van der Waals surface area contributed by atoms with Crippen molar-refractivity contribution in [1.29, 1.82) is 5.26 Å². The summed E-state index contributed by atoms with van der Waals surface area (Å²) < 4.78 is 5.68. The van der Waals surface area contributed by atoms with Crippen LogP contribution in [0.3, 0.4) is 0 Å². The van der Waals surface area contributed by atoms with Crippen LogP contribution < -0.4 is 4.74 Å². The molecule has 0 amide bonds. The molecule has 1 N–H and O–H groups in total. The van der Waals surface area contributed by atoms with E-state index in [-0.39, 0.29) is 12.0 Å². The first kappa shape index (κ1) is 11.5. The number of carboxylic acid groups (broad SMARTS) is 1. The Labute approximate surface area is 95.2 Å². The number of hydrogen-bond donors (Lipinski definition) is 1. The summed E-state index contributed by atoms with van der Waals surface area (Å²) in [4.78, 5) is 10.6. The Bertz CT molecular complexity index is 437. The lowest BCUT2D eigenvalue weighted by Crippen LogP contribution is -2.03. The number of methoxy groups -OCH3 is 1. The van der Waals surface area contributed by atoms with Crippen molar-refractivity contribution in [3.63, 3.8) is 0 Å². The van der Waals surface area contributed by atoms with Crippen molar-refractivity contribution >= 4 is 21.9 Å². The van der Waals surface area contributed by atoms with E-state index in [0.29, 0.717) is 15.8 Å². The molecule has 1 aromatic carbocycles. The van der Waals surface area contributed by atoms with Gasteiger partial charge in [0.1, 0.15) is 11.8 Å². The van der Waals surface area contributed by atoms with Crippen LogP contribution in [0, 0.1) is 11.3 Å². The normalized spacial score (nSPS) is 9.40. The Kier molecular flexibility index (Phi) is 3.69. The first-order chi connectivity index (χ1) is 7.08. The van der Waals surface area contributed by atoms with E-state index in [1.807, 2.05) is 6.07 Å². The van der Waals surface area contributed by atoms with Gasteiger partial charge in [-0.15, -0.1) is 0 Å². The molecule has 5 heteroatoms. The number of rotatable bonds is 3. The van der Waals surface area contributed by atoms with E-state index in [4.69, 9.17) is 15.1 Å². The van der Waals surface area contributed by atoms with Crippen LogP contribution in [-0.4, -0.2) is 18.2 Å². The van der Waals surface area contributed by atoms with Crippen LogP contribution in [0.1, 0.15) is 11.1 Å². The quantitative estimate of drug-likeness (QED) is 0.911. The number of halogens is 1. The maximum Gasteiger partial charge on any atom is 0.307 e. The summed E-state index contributed by atoms with van der Waals surface area (Å²) in [5.74, 6) is -0.602. The zero-order valence-corrected chi connectivity index (χ0v) is 9.54. The molecule has 1 aromatic rings. The molecule has 78 valence electrons. The van der Waals surface area contributed by atoms with Crippen molar-refractivity contribution in [2.45, 2.75) is 6.42 Å². The standard InChI is InChI=1S/C10H8BrNO3/c1-15-9-4-7(11)2-6(3-10(13)14)8(9)5-12/h2,4H,3H2,1H3,(H,13,14). The average molecular weight is 270 g/mol. The van der Waals surface area contributed by atoms with Gasteiger partial charge in [0.25, 0.3) is 0 Å². The first-order valence-corrected chi connectivity index (χ1v) is 4.86. The van der Waals surface area contributed by atoms with Crippen LogP contribution in [0.5, 0.6) is 5.75 Å². The molecule has 0 fully saturated rings. The topological polar surface area (TPSA) is 70.3 Å². The summed E-state index contributed by atoms with van der Waals surface area (Å²) >= 11 is 3.22. The fourth-order valence-corrected chi connectivity index (χ4v) is 1.71. The summed E-state index contributed by atoms with van der Waals surface area (Å²) in [5.41, 5.74) is 0.708. The van der Waals surface area contributed by atoms with Gasteiger partial charge in [-0.05, 0) is 17.7 Å². The van der Waals surface area contributed by atoms with E-state index in [9.17, 15) is 4.79 Å². The molecule has 0 unspecified atom stereocenters. The second-order valence-electron chi connectivity index (χ2n) is 2.82. The van der Waals surface area contributed by atoms with Gasteiger partial charge in [-0.25, -0.2) is 0 Å². The van der Waals surface area contributed by atoms with Crippen LogP contribution >= 0.6 is 15.9 Å². The summed E-state index contributed by atoms with van der Waals surface area (Å²) in [6.45, 7) is 0. The molecule has 1 rings (SSSR count). The van der Waals surface area contributed by atoms with Gasteiger partial charge in [-0.3, -0.25) is 4.79 Å². The van der Waals surface area contributed by atoms with Crippen molar-refractivity contribution in [3.8, 4) is 11.8 Å². The molecule has 0 atom stereocenters. The van der Waals surface area contributed by atoms with Crippen molar-refractivity contribution in [2.24, 2.45) is 0 Å². The molecule has 0 spiro atoms. The Hall–Kier alpha value is -1.54. The molecule has 0 heterocycles. The molecule has 15 heavy (non-hydrogen) atoms. The molecule has 0 bridgehead atoms. The summed E-state index contributed by atoms with van der Waals surface area (Å²) in [7, 11) is 1.44. The summed E-state index contributed by atoms with van der Waals surface area (Å²) in [6, 6.07) is 5.17. The largest absolute Gasteiger partial charge is 0.495 e. The summed E-state index contributed by atoms with van der Waals surface area (Å²) in [6.07, 6.45) is -0.196. The number of carbonyl (C=O) groups is 1. The van der Waals surface area contributed by atoms with Crippen molar-refractivity contribution in [3.05, 3.63) is 27.7 Å². The van der Waals surface area contributed by atoms with Crippen molar-refractivity contribution in [2.75, 3.05) is 7.11 Å². The Morgan fingerprint density at radius 2 is 2.33 bits per heavy atom. The predicted octanol–water partition coefficient (Wildman–Crippen LogP) is 1.96. The van der Waals surface area contributed by atoms with Crippen LogP contribution in [0.4, 0.5) is 0 Å². The lowest BCUT2D eigenvalue weighted by Gasteiger charge is -2.07. The van der Waals surface area contributed by atoms with Gasteiger partial charge in [-0.1, -0.05) is 15.9 Å². The van der Waals surface area contributed by atoms with Gasteiger partial charge in [0.05, 0.1) is 19.1 Å². The fraction of sp³-hybridized carbons (Fsp3) is 0.200. The van der Waals surface area contributed by atoms with Crippen LogP contribution in [-0.2, 0) is 11.2 Å². The van der Waals surface area contributed by atoms with E-state index in [0.717, 1.165) is 0 Å². The fourth-order valence-electron chi connectivity index (χ4n) is 1.23. The highest BCUT2D eigenvalue weighted by molar-refractivity contribution is 9.10. The number of carboxylic acids is 1. The molecule has 0 aromatic heterocycles. The van der Waals surface area contributed by atoms with E-state index in [2.05, 4.69) is 15.9 Å². The molecular weight excluding hydrogens is 262 g/mol. The lowest BCUT2D eigenvalue weighted by molar-refractivity contribution is -0.136.